The highest BCUT2D eigenvalue weighted by Crippen LogP contribution is 2.33. The van der Waals surface area contributed by atoms with Crippen LogP contribution in [0.3, 0.4) is 0 Å². The van der Waals surface area contributed by atoms with Crippen molar-refractivity contribution < 1.29 is 19.0 Å². The molecule has 3 N–H and O–H groups in total. The van der Waals surface area contributed by atoms with E-state index in [1.807, 2.05) is 18.2 Å². The molecule has 0 bridgehead atoms. The monoisotopic (exact) mass is 429 g/mol. The second kappa shape index (κ2) is 7.85. The van der Waals surface area contributed by atoms with E-state index in [1.165, 1.54) is 24.8 Å². The second-order valence-corrected chi connectivity index (χ2v) is 7.59. The van der Waals surface area contributed by atoms with Gasteiger partial charge in [-0.05, 0) is 66.6 Å². The summed E-state index contributed by atoms with van der Waals surface area (Å²) in [5, 5.41) is 14.8. The maximum Gasteiger partial charge on any atom is 0.337 e. The molecule has 6 nitrogen and oxygen atoms in total. The number of hydrogen-bond acceptors (Lipinski definition) is 5. The fraction of sp³-hybridized carbons (Fsp3) is 0.120. The van der Waals surface area contributed by atoms with Crippen LogP contribution >= 0.6 is 0 Å². The Labute approximate surface area is 183 Å². The third-order valence-corrected chi connectivity index (χ3v) is 5.59. The lowest BCUT2D eigenvalue weighted by atomic mass is 10.00. The van der Waals surface area contributed by atoms with Crippen LogP contribution in [0.1, 0.15) is 27.0 Å². The van der Waals surface area contributed by atoms with Crippen LogP contribution in [0, 0.1) is 5.82 Å². The average molecular weight is 429 g/mol. The zero-order valence-corrected chi connectivity index (χ0v) is 17.3. The van der Waals surface area contributed by atoms with Gasteiger partial charge in [0, 0.05) is 28.7 Å². The number of benzene rings is 3. The lowest BCUT2D eigenvalue weighted by Crippen LogP contribution is -2.04. The van der Waals surface area contributed by atoms with Crippen LogP contribution in [-0.2, 0) is 11.2 Å². The Balaban J connectivity index is 1.70. The van der Waals surface area contributed by atoms with Gasteiger partial charge in [0.25, 0.3) is 0 Å². The van der Waals surface area contributed by atoms with Crippen LogP contribution in [0.15, 0.2) is 65.7 Å². The normalized spacial score (nSPS) is 13.1. The predicted molar refractivity (Wildman–Crippen MR) is 122 cm³/mol. The SMILES string of the molecule is COC(=O)c1ccc2c(C(=Nc3ccc4c(c3)CCN4)c3ccc(F)cc3)c(O)[nH]c2c1. The molecule has 0 aliphatic carbocycles. The van der Waals surface area contributed by atoms with Crippen molar-refractivity contribution in [3.8, 4) is 5.88 Å². The van der Waals surface area contributed by atoms with Crippen LogP contribution in [0.4, 0.5) is 15.8 Å². The second-order valence-electron chi connectivity index (χ2n) is 7.59. The molecule has 0 saturated heterocycles. The minimum absolute atomic E-state index is 0.0899. The van der Waals surface area contributed by atoms with Gasteiger partial charge in [0.2, 0.25) is 0 Å². The van der Waals surface area contributed by atoms with Crippen LogP contribution in [-0.4, -0.2) is 35.4 Å². The van der Waals surface area contributed by atoms with Gasteiger partial charge in [-0.25, -0.2) is 14.2 Å². The lowest BCUT2D eigenvalue weighted by molar-refractivity contribution is 0.0601. The molecule has 7 heteroatoms. The highest BCUT2D eigenvalue weighted by atomic mass is 19.1. The van der Waals surface area contributed by atoms with Gasteiger partial charge in [-0.3, -0.25) is 0 Å². The van der Waals surface area contributed by atoms with Crippen molar-refractivity contribution in [1.82, 2.24) is 4.98 Å². The maximum atomic E-state index is 13.6. The Bertz CT molecular complexity index is 1370. The predicted octanol–water partition coefficient (Wildman–Crippen LogP) is 4.94. The summed E-state index contributed by atoms with van der Waals surface area (Å²) in [6, 6.07) is 16.9. The molecule has 1 aliphatic heterocycles. The number of nitrogens with one attached hydrogen (secondary N) is 2. The van der Waals surface area contributed by atoms with E-state index in [0.29, 0.717) is 33.3 Å². The number of esters is 1. The molecule has 160 valence electrons. The summed E-state index contributed by atoms with van der Waals surface area (Å²) in [5.41, 5.74) is 5.54. The lowest BCUT2D eigenvalue weighted by Gasteiger charge is -2.09. The molecule has 32 heavy (non-hydrogen) atoms. The van der Waals surface area contributed by atoms with Gasteiger partial charge in [-0.1, -0.05) is 6.07 Å². The average Bonchev–Trinajstić information content (AvgIpc) is 3.40. The van der Waals surface area contributed by atoms with E-state index < -0.39 is 5.97 Å². The molecule has 0 amide bonds. The molecule has 3 aromatic carbocycles. The molecule has 0 radical (unpaired) electrons. The number of ether oxygens (including phenoxy) is 1. The Morgan fingerprint density at radius 2 is 1.84 bits per heavy atom. The molecule has 1 aliphatic rings. The van der Waals surface area contributed by atoms with Crippen molar-refractivity contribution in [2.24, 2.45) is 4.99 Å². The van der Waals surface area contributed by atoms with Gasteiger partial charge >= 0.3 is 5.97 Å². The zero-order chi connectivity index (χ0) is 22.2. The van der Waals surface area contributed by atoms with Crippen molar-refractivity contribution in [1.29, 1.82) is 0 Å². The summed E-state index contributed by atoms with van der Waals surface area (Å²) in [6.45, 7) is 0.888. The molecular formula is C25H20FN3O3. The Morgan fingerprint density at radius 3 is 2.62 bits per heavy atom. The highest BCUT2D eigenvalue weighted by molar-refractivity contribution is 6.22. The van der Waals surface area contributed by atoms with E-state index in [4.69, 9.17) is 9.73 Å². The number of carbonyl (C=O) groups is 1. The summed E-state index contributed by atoms with van der Waals surface area (Å²) in [5.74, 6) is -0.919. The van der Waals surface area contributed by atoms with Crippen LogP contribution in [0.2, 0.25) is 0 Å². The number of carbonyl (C=O) groups excluding carboxylic acids is 1. The van der Waals surface area contributed by atoms with Crippen molar-refractivity contribution in [2.75, 3.05) is 19.0 Å². The van der Waals surface area contributed by atoms with Crippen molar-refractivity contribution in [2.45, 2.75) is 6.42 Å². The summed E-state index contributed by atoms with van der Waals surface area (Å²) in [7, 11) is 1.32. The molecular weight excluding hydrogens is 409 g/mol. The van der Waals surface area contributed by atoms with Crippen molar-refractivity contribution >= 4 is 34.0 Å². The van der Waals surface area contributed by atoms with Gasteiger partial charge < -0.3 is 20.1 Å². The summed E-state index contributed by atoms with van der Waals surface area (Å²) < 4.78 is 18.4. The first kappa shape index (κ1) is 19.8. The van der Waals surface area contributed by atoms with Crippen molar-refractivity contribution in [3.05, 3.63) is 88.7 Å². The topological polar surface area (TPSA) is 86.7 Å². The molecule has 5 rings (SSSR count). The minimum Gasteiger partial charge on any atom is -0.494 e. The van der Waals surface area contributed by atoms with E-state index in [-0.39, 0.29) is 11.7 Å². The number of aromatic nitrogens is 1. The number of anilines is 1. The van der Waals surface area contributed by atoms with E-state index in [2.05, 4.69) is 10.3 Å². The minimum atomic E-state index is -0.471. The summed E-state index contributed by atoms with van der Waals surface area (Å²) in [6.07, 6.45) is 0.916. The molecule has 0 spiro atoms. The number of halogens is 1. The number of fused-ring (bicyclic) bond motifs is 2. The zero-order valence-electron chi connectivity index (χ0n) is 17.3. The van der Waals surface area contributed by atoms with Crippen molar-refractivity contribution in [3.63, 3.8) is 0 Å². The third-order valence-electron chi connectivity index (χ3n) is 5.59. The molecule has 2 heterocycles. The fourth-order valence-corrected chi connectivity index (χ4v) is 4.03. The molecule has 4 aromatic rings. The molecule has 0 saturated carbocycles. The molecule has 0 atom stereocenters. The first-order chi connectivity index (χ1) is 15.5. The highest BCUT2D eigenvalue weighted by Gasteiger charge is 2.20. The molecule has 0 unspecified atom stereocenters. The first-order valence-electron chi connectivity index (χ1n) is 10.2. The molecule has 0 fully saturated rings. The number of methoxy groups -OCH3 is 1. The van der Waals surface area contributed by atoms with E-state index in [9.17, 15) is 14.3 Å². The van der Waals surface area contributed by atoms with E-state index in [0.717, 1.165) is 24.3 Å². The number of H-pyrrole nitrogens is 1. The Morgan fingerprint density at radius 1 is 1.06 bits per heavy atom. The number of aliphatic imine (C=N–C) groups is 1. The van der Waals surface area contributed by atoms with Gasteiger partial charge in [-0.15, -0.1) is 0 Å². The van der Waals surface area contributed by atoms with Gasteiger partial charge in [-0.2, -0.15) is 0 Å². The third kappa shape index (κ3) is 3.47. The first-order valence-corrected chi connectivity index (χ1v) is 10.2. The molecule has 1 aromatic heterocycles. The Hall–Kier alpha value is -4.13. The van der Waals surface area contributed by atoms with Gasteiger partial charge in [0.05, 0.1) is 29.6 Å². The maximum absolute atomic E-state index is 13.6. The fourth-order valence-electron chi connectivity index (χ4n) is 4.03. The number of aromatic amines is 1. The number of rotatable bonds is 4. The number of aromatic hydroxyl groups is 1. The standard InChI is InChI=1S/C25H20FN3O3/c1-32-25(31)16-4-8-19-21(13-16)29-24(30)22(19)23(14-2-5-17(26)6-3-14)28-18-7-9-20-15(12-18)10-11-27-20/h2-9,12-13,27,29-30H,10-11H2,1H3. The van der Waals surface area contributed by atoms with Crippen LogP contribution in [0.5, 0.6) is 5.88 Å². The number of nitrogens with zero attached hydrogens (tertiary/aromatic N) is 1. The summed E-state index contributed by atoms with van der Waals surface area (Å²) >= 11 is 0. The van der Waals surface area contributed by atoms with Crippen LogP contribution < -0.4 is 5.32 Å². The van der Waals surface area contributed by atoms with E-state index in [1.54, 1.807) is 30.3 Å². The van der Waals surface area contributed by atoms with Gasteiger partial charge in [0.1, 0.15) is 5.82 Å². The van der Waals surface area contributed by atoms with Gasteiger partial charge in [0.15, 0.2) is 5.88 Å². The number of hydrogen-bond donors (Lipinski definition) is 3. The smallest absolute Gasteiger partial charge is 0.337 e. The van der Waals surface area contributed by atoms with E-state index >= 15 is 0 Å². The largest absolute Gasteiger partial charge is 0.494 e. The van der Waals surface area contributed by atoms with Crippen LogP contribution in [0.25, 0.3) is 10.9 Å². The Kier molecular flexibility index (Phi) is 4.86. The quantitative estimate of drug-likeness (QED) is 0.317. The summed E-state index contributed by atoms with van der Waals surface area (Å²) in [4.78, 5) is 19.7.